The lowest BCUT2D eigenvalue weighted by Gasteiger charge is -2.09. The standard InChI is InChI=1S/C20H17Br2N3O4/c1-3-18-24-16-6-5-13(21)9-14(16)20(27)25(18)23-10-12-4-7-17(15(22)8-12)29-11-19(26)28-2/h4-10H,3,11H2,1-2H3. The quantitative estimate of drug-likeness (QED) is 0.362. The number of hydrogen-bond acceptors (Lipinski definition) is 6. The van der Waals surface area contributed by atoms with Crippen LogP contribution in [-0.4, -0.2) is 35.6 Å². The summed E-state index contributed by atoms with van der Waals surface area (Å²) in [6.07, 6.45) is 2.13. The summed E-state index contributed by atoms with van der Waals surface area (Å²) in [5, 5.41) is 4.84. The zero-order chi connectivity index (χ0) is 21.0. The van der Waals surface area contributed by atoms with Crippen LogP contribution in [0.2, 0.25) is 0 Å². The van der Waals surface area contributed by atoms with E-state index < -0.39 is 5.97 Å². The third-order valence-electron chi connectivity index (χ3n) is 4.04. The van der Waals surface area contributed by atoms with Gasteiger partial charge in [0, 0.05) is 10.9 Å². The van der Waals surface area contributed by atoms with Crippen molar-refractivity contribution < 1.29 is 14.3 Å². The number of halogens is 2. The number of aromatic nitrogens is 2. The van der Waals surface area contributed by atoms with Gasteiger partial charge in [0.05, 0.1) is 28.7 Å². The summed E-state index contributed by atoms with van der Waals surface area (Å²) in [5.41, 5.74) is 1.14. The first-order valence-corrected chi connectivity index (χ1v) is 10.3. The Kier molecular flexibility index (Phi) is 6.81. The maximum atomic E-state index is 12.9. The van der Waals surface area contributed by atoms with E-state index in [1.807, 2.05) is 13.0 Å². The molecule has 0 radical (unpaired) electrons. The van der Waals surface area contributed by atoms with Crippen molar-refractivity contribution in [3.8, 4) is 5.75 Å². The maximum absolute atomic E-state index is 12.9. The lowest BCUT2D eigenvalue weighted by molar-refractivity contribution is -0.142. The van der Waals surface area contributed by atoms with E-state index in [9.17, 15) is 9.59 Å². The molecule has 29 heavy (non-hydrogen) atoms. The summed E-state index contributed by atoms with van der Waals surface area (Å²) in [7, 11) is 1.30. The Balaban J connectivity index is 1.92. The van der Waals surface area contributed by atoms with Gasteiger partial charge in [0.1, 0.15) is 11.6 Å². The highest BCUT2D eigenvalue weighted by Crippen LogP contribution is 2.25. The molecule has 0 amide bonds. The van der Waals surface area contributed by atoms with Crippen molar-refractivity contribution in [2.75, 3.05) is 13.7 Å². The van der Waals surface area contributed by atoms with E-state index in [0.717, 1.165) is 10.0 Å². The Bertz CT molecular complexity index is 1160. The number of methoxy groups -OCH3 is 1. The van der Waals surface area contributed by atoms with Crippen LogP contribution in [0, 0.1) is 0 Å². The minimum absolute atomic E-state index is 0.184. The van der Waals surface area contributed by atoms with Gasteiger partial charge >= 0.3 is 5.97 Å². The lowest BCUT2D eigenvalue weighted by atomic mass is 10.2. The highest BCUT2D eigenvalue weighted by Gasteiger charge is 2.10. The molecule has 2 aromatic carbocycles. The van der Waals surface area contributed by atoms with E-state index in [0.29, 0.717) is 33.4 Å². The number of benzene rings is 2. The molecule has 0 unspecified atom stereocenters. The number of fused-ring (bicyclic) bond motifs is 1. The van der Waals surface area contributed by atoms with Crippen molar-refractivity contribution in [3.05, 3.63) is 67.1 Å². The molecule has 0 saturated carbocycles. The average molecular weight is 523 g/mol. The predicted octanol–water partition coefficient (Wildman–Crippen LogP) is 3.92. The number of nitrogens with zero attached hydrogens (tertiary/aromatic N) is 3. The molecule has 0 spiro atoms. The van der Waals surface area contributed by atoms with Gasteiger partial charge in [-0.15, -0.1) is 0 Å². The second-order valence-corrected chi connectivity index (χ2v) is 7.73. The second kappa shape index (κ2) is 9.32. The van der Waals surface area contributed by atoms with Gasteiger partial charge in [0.15, 0.2) is 6.61 Å². The van der Waals surface area contributed by atoms with Crippen LogP contribution in [0.5, 0.6) is 5.75 Å². The SMILES string of the molecule is CCc1nc2ccc(Br)cc2c(=O)n1N=Cc1ccc(OCC(=O)OC)c(Br)c1. The molecule has 1 heterocycles. The van der Waals surface area contributed by atoms with E-state index in [2.05, 4.69) is 46.7 Å². The number of aryl methyl sites for hydroxylation is 1. The van der Waals surface area contributed by atoms with Gasteiger partial charge in [-0.05, 0) is 57.9 Å². The monoisotopic (exact) mass is 521 g/mol. The van der Waals surface area contributed by atoms with Crippen molar-refractivity contribution in [2.24, 2.45) is 5.10 Å². The van der Waals surface area contributed by atoms with Crippen molar-refractivity contribution >= 4 is 54.9 Å². The third kappa shape index (κ3) is 4.91. The molecule has 9 heteroatoms. The molecular formula is C20H17Br2N3O4. The van der Waals surface area contributed by atoms with Crippen LogP contribution in [0.3, 0.4) is 0 Å². The van der Waals surface area contributed by atoms with Crippen molar-refractivity contribution in [2.45, 2.75) is 13.3 Å². The molecule has 0 saturated heterocycles. The molecule has 0 aliphatic heterocycles. The van der Waals surface area contributed by atoms with Crippen LogP contribution in [0.25, 0.3) is 10.9 Å². The fraction of sp³-hybridized carbons (Fsp3) is 0.200. The van der Waals surface area contributed by atoms with Gasteiger partial charge in [-0.2, -0.15) is 9.78 Å². The summed E-state index contributed by atoms with van der Waals surface area (Å²) < 4.78 is 12.7. The number of ether oxygens (including phenoxy) is 2. The fourth-order valence-corrected chi connectivity index (χ4v) is 3.45. The summed E-state index contributed by atoms with van der Waals surface area (Å²) in [6, 6.07) is 10.6. The Hall–Kier alpha value is -2.52. The van der Waals surface area contributed by atoms with Crippen LogP contribution < -0.4 is 10.3 Å². The first kappa shape index (κ1) is 21.2. The Morgan fingerprint density at radius 1 is 1.24 bits per heavy atom. The number of esters is 1. The summed E-state index contributed by atoms with van der Waals surface area (Å²) >= 11 is 6.79. The van der Waals surface area contributed by atoms with Gasteiger partial charge in [0.2, 0.25) is 0 Å². The minimum atomic E-state index is -0.468. The lowest BCUT2D eigenvalue weighted by Crippen LogP contribution is -2.22. The van der Waals surface area contributed by atoms with Gasteiger partial charge in [-0.25, -0.2) is 9.78 Å². The molecular weight excluding hydrogens is 506 g/mol. The Labute approximate surface area is 183 Å². The van der Waals surface area contributed by atoms with Crippen LogP contribution in [-0.2, 0) is 16.0 Å². The van der Waals surface area contributed by atoms with E-state index in [-0.39, 0.29) is 12.2 Å². The van der Waals surface area contributed by atoms with Crippen molar-refractivity contribution in [3.63, 3.8) is 0 Å². The Morgan fingerprint density at radius 2 is 2.03 bits per heavy atom. The zero-order valence-corrected chi connectivity index (χ0v) is 18.9. The number of rotatable bonds is 6. The zero-order valence-electron chi connectivity index (χ0n) is 15.7. The van der Waals surface area contributed by atoms with Crippen molar-refractivity contribution in [1.29, 1.82) is 0 Å². The maximum Gasteiger partial charge on any atom is 0.343 e. The number of carbonyl (C=O) groups is 1. The van der Waals surface area contributed by atoms with Crippen LogP contribution in [0.1, 0.15) is 18.3 Å². The van der Waals surface area contributed by atoms with E-state index in [1.165, 1.54) is 11.8 Å². The number of carbonyl (C=O) groups excluding carboxylic acids is 1. The molecule has 0 atom stereocenters. The molecule has 3 aromatic rings. The highest BCUT2D eigenvalue weighted by atomic mass is 79.9. The third-order valence-corrected chi connectivity index (χ3v) is 5.16. The van der Waals surface area contributed by atoms with E-state index >= 15 is 0 Å². The normalized spacial score (nSPS) is 11.2. The minimum Gasteiger partial charge on any atom is -0.481 e. The summed E-state index contributed by atoms with van der Waals surface area (Å²) in [4.78, 5) is 28.6. The summed E-state index contributed by atoms with van der Waals surface area (Å²) in [5.74, 6) is 0.596. The molecule has 0 aliphatic carbocycles. The van der Waals surface area contributed by atoms with E-state index in [4.69, 9.17) is 4.74 Å². The molecule has 0 aliphatic rings. The van der Waals surface area contributed by atoms with Crippen LogP contribution >= 0.6 is 31.9 Å². The Morgan fingerprint density at radius 3 is 2.72 bits per heavy atom. The molecule has 0 bridgehead atoms. The molecule has 0 N–H and O–H groups in total. The molecule has 1 aromatic heterocycles. The fourth-order valence-electron chi connectivity index (χ4n) is 2.58. The predicted molar refractivity (Wildman–Crippen MR) is 118 cm³/mol. The number of hydrogen-bond donors (Lipinski definition) is 0. The van der Waals surface area contributed by atoms with Gasteiger partial charge in [0.25, 0.3) is 5.56 Å². The molecule has 0 fully saturated rings. The molecule has 7 nitrogen and oxygen atoms in total. The second-order valence-electron chi connectivity index (χ2n) is 5.96. The summed E-state index contributed by atoms with van der Waals surface area (Å²) in [6.45, 7) is 1.73. The van der Waals surface area contributed by atoms with Gasteiger partial charge in [-0.3, -0.25) is 4.79 Å². The van der Waals surface area contributed by atoms with E-state index in [1.54, 1.807) is 36.5 Å². The topological polar surface area (TPSA) is 82.8 Å². The van der Waals surface area contributed by atoms with Gasteiger partial charge < -0.3 is 9.47 Å². The largest absolute Gasteiger partial charge is 0.481 e. The highest BCUT2D eigenvalue weighted by molar-refractivity contribution is 9.10. The molecule has 3 rings (SSSR count). The van der Waals surface area contributed by atoms with Crippen LogP contribution in [0.4, 0.5) is 0 Å². The molecule has 150 valence electrons. The average Bonchev–Trinajstić information content (AvgIpc) is 2.72. The van der Waals surface area contributed by atoms with Crippen LogP contribution in [0.15, 0.2) is 55.2 Å². The first-order chi connectivity index (χ1) is 13.9. The smallest absolute Gasteiger partial charge is 0.343 e. The van der Waals surface area contributed by atoms with Gasteiger partial charge in [-0.1, -0.05) is 22.9 Å². The van der Waals surface area contributed by atoms with Crippen molar-refractivity contribution in [1.82, 2.24) is 9.66 Å². The first-order valence-electron chi connectivity index (χ1n) is 8.67.